The van der Waals surface area contributed by atoms with Gasteiger partial charge in [-0.1, -0.05) is 18.2 Å². The summed E-state index contributed by atoms with van der Waals surface area (Å²) in [6.45, 7) is 0.291. The average Bonchev–Trinajstić information content (AvgIpc) is 2.83. The first-order chi connectivity index (χ1) is 8.77. The molecule has 0 atom stereocenters. The molecule has 0 unspecified atom stereocenters. The number of hydrogen-bond acceptors (Lipinski definition) is 4. The monoisotopic (exact) mass is 246 g/mol. The van der Waals surface area contributed by atoms with Crippen LogP contribution < -0.4 is 0 Å². The lowest BCUT2D eigenvalue weighted by molar-refractivity contribution is 0.0589. The molecule has 0 aliphatic carbocycles. The van der Waals surface area contributed by atoms with E-state index in [0.717, 1.165) is 5.69 Å². The Morgan fingerprint density at radius 1 is 1.28 bits per heavy atom. The number of carbonyl (C=O) groups excluding carboxylic acids is 1. The smallest absolute Gasteiger partial charge is 0.358 e. The number of imidazole rings is 1. The Hall–Kier alpha value is -2.14. The van der Waals surface area contributed by atoms with Gasteiger partial charge in [-0.3, -0.25) is 4.57 Å². The first kappa shape index (κ1) is 12.3. The van der Waals surface area contributed by atoms with Gasteiger partial charge in [-0.25, -0.2) is 9.78 Å². The van der Waals surface area contributed by atoms with E-state index in [1.165, 1.54) is 7.11 Å². The number of benzene rings is 1. The van der Waals surface area contributed by atoms with E-state index in [2.05, 4.69) is 4.98 Å². The summed E-state index contributed by atoms with van der Waals surface area (Å²) in [4.78, 5) is 15.7. The first-order valence-electron chi connectivity index (χ1n) is 5.46. The molecule has 0 aliphatic rings. The molecule has 0 spiro atoms. The summed E-state index contributed by atoms with van der Waals surface area (Å²) in [5, 5.41) is 0. The molecule has 1 aromatic heterocycles. The van der Waals surface area contributed by atoms with Gasteiger partial charge in [-0.15, -0.1) is 0 Å². The van der Waals surface area contributed by atoms with Crippen LogP contribution in [0, 0.1) is 0 Å². The third-order valence-electron chi connectivity index (χ3n) is 2.56. The van der Waals surface area contributed by atoms with Gasteiger partial charge in [0.2, 0.25) is 0 Å². The quantitative estimate of drug-likeness (QED) is 0.772. The standard InChI is InChI=1S/C13H14N2O3/c1-17-8-11-12(13(16)18-2)14-9-15(11)10-6-4-3-5-7-10/h3-7,9H,8H2,1-2H3. The lowest BCUT2D eigenvalue weighted by Gasteiger charge is -2.08. The summed E-state index contributed by atoms with van der Waals surface area (Å²) in [6.07, 6.45) is 1.59. The Kier molecular flexibility index (Phi) is 3.74. The van der Waals surface area contributed by atoms with Crippen molar-refractivity contribution in [3.05, 3.63) is 48.0 Å². The minimum absolute atomic E-state index is 0.281. The number of aromatic nitrogens is 2. The third kappa shape index (κ3) is 2.26. The Morgan fingerprint density at radius 3 is 2.61 bits per heavy atom. The van der Waals surface area contributed by atoms with Gasteiger partial charge in [0, 0.05) is 12.8 Å². The first-order valence-corrected chi connectivity index (χ1v) is 5.46. The van der Waals surface area contributed by atoms with E-state index in [9.17, 15) is 4.79 Å². The highest BCUT2D eigenvalue weighted by Gasteiger charge is 2.18. The van der Waals surface area contributed by atoms with Crippen LogP contribution in [0.25, 0.3) is 5.69 Å². The second kappa shape index (κ2) is 5.46. The highest BCUT2D eigenvalue weighted by atomic mass is 16.5. The van der Waals surface area contributed by atoms with Gasteiger partial charge in [0.25, 0.3) is 0 Å². The van der Waals surface area contributed by atoms with E-state index in [0.29, 0.717) is 12.3 Å². The van der Waals surface area contributed by atoms with E-state index in [-0.39, 0.29) is 5.69 Å². The maximum atomic E-state index is 11.6. The van der Waals surface area contributed by atoms with Crippen molar-refractivity contribution in [2.24, 2.45) is 0 Å². The molecule has 0 radical (unpaired) electrons. The van der Waals surface area contributed by atoms with Gasteiger partial charge >= 0.3 is 5.97 Å². The predicted molar refractivity (Wildman–Crippen MR) is 65.6 cm³/mol. The maximum absolute atomic E-state index is 11.6. The van der Waals surface area contributed by atoms with Gasteiger partial charge in [0.15, 0.2) is 5.69 Å². The van der Waals surface area contributed by atoms with E-state index in [1.807, 2.05) is 34.9 Å². The largest absolute Gasteiger partial charge is 0.464 e. The van der Waals surface area contributed by atoms with Crippen molar-refractivity contribution in [1.82, 2.24) is 9.55 Å². The Balaban J connectivity index is 2.48. The number of carbonyl (C=O) groups is 1. The normalized spacial score (nSPS) is 10.3. The van der Waals surface area contributed by atoms with Crippen LogP contribution in [-0.4, -0.2) is 29.7 Å². The molecule has 1 aromatic carbocycles. The fourth-order valence-electron chi connectivity index (χ4n) is 1.73. The van der Waals surface area contributed by atoms with Crippen molar-refractivity contribution in [3.8, 4) is 5.69 Å². The molecule has 0 N–H and O–H groups in total. The van der Waals surface area contributed by atoms with E-state index in [4.69, 9.17) is 9.47 Å². The lowest BCUT2D eigenvalue weighted by Crippen LogP contribution is -2.09. The van der Waals surface area contributed by atoms with Crippen LogP contribution in [0.2, 0.25) is 0 Å². The number of methoxy groups -OCH3 is 2. The van der Waals surface area contributed by atoms with Crippen molar-refractivity contribution in [3.63, 3.8) is 0 Å². The summed E-state index contributed by atoms with van der Waals surface area (Å²) >= 11 is 0. The van der Waals surface area contributed by atoms with Crippen LogP contribution in [0.5, 0.6) is 0 Å². The Labute approximate surface area is 105 Å². The van der Waals surface area contributed by atoms with E-state index < -0.39 is 5.97 Å². The van der Waals surface area contributed by atoms with Gasteiger partial charge in [0.1, 0.15) is 6.33 Å². The molecule has 1 heterocycles. The number of hydrogen-bond donors (Lipinski definition) is 0. The molecule has 94 valence electrons. The molecule has 0 saturated carbocycles. The van der Waals surface area contributed by atoms with Crippen molar-refractivity contribution in [1.29, 1.82) is 0 Å². The number of ether oxygens (including phenoxy) is 2. The fraction of sp³-hybridized carbons (Fsp3) is 0.231. The number of esters is 1. The number of nitrogens with zero attached hydrogens (tertiary/aromatic N) is 2. The summed E-state index contributed by atoms with van der Waals surface area (Å²) in [7, 11) is 2.91. The van der Waals surface area contributed by atoms with E-state index in [1.54, 1.807) is 13.4 Å². The fourth-order valence-corrected chi connectivity index (χ4v) is 1.73. The summed E-state index contributed by atoms with van der Waals surface area (Å²) < 4.78 is 11.6. The lowest BCUT2D eigenvalue weighted by atomic mass is 10.3. The van der Waals surface area contributed by atoms with Gasteiger partial charge in [0.05, 0.1) is 19.4 Å². The van der Waals surface area contributed by atoms with Crippen LogP contribution in [-0.2, 0) is 16.1 Å². The molecule has 18 heavy (non-hydrogen) atoms. The number of para-hydroxylation sites is 1. The molecule has 0 saturated heterocycles. The minimum Gasteiger partial charge on any atom is -0.464 e. The summed E-state index contributed by atoms with van der Waals surface area (Å²) in [5.41, 5.74) is 1.88. The average molecular weight is 246 g/mol. The zero-order valence-electron chi connectivity index (χ0n) is 10.3. The zero-order valence-corrected chi connectivity index (χ0v) is 10.3. The molecular weight excluding hydrogens is 232 g/mol. The van der Waals surface area contributed by atoms with Gasteiger partial charge in [-0.2, -0.15) is 0 Å². The van der Waals surface area contributed by atoms with Crippen molar-refractivity contribution in [2.75, 3.05) is 14.2 Å². The molecular formula is C13H14N2O3. The second-order valence-corrected chi connectivity index (χ2v) is 3.67. The highest BCUT2D eigenvalue weighted by Crippen LogP contribution is 2.16. The van der Waals surface area contributed by atoms with Crippen molar-refractivity contribution in [2.45, 2.75) is 6.61 Å². The topological polar surface area (TPSA) is 53.4 Å². The Bertz CT molecular complexity index is 534. The van der Waals surface area contributed by atoms with Crippen LogP contribution in [0.1, 0.15) is 16.2 Å². The molecule has 5 heteroatoms. The van der Waals surface area contributed by atoms with Gasteiger partial charge in [-0.05, 0) is 12.1 Å². The predicted octanol–water partition coefficient (Wildman–Crippen LogP) is 1.81. The summed E-state index contributed by atoms with van der Waals surface area (Å²) in [5.74, 6) is -0.461. The third-order valence-corrected chi connectivity index (χ3v) is 2.56. The maximum Gasteiger partial charge on any atom is 0.358 e. The van der Waals surface area contributed by atoms with Crippen LogP contribution in [0.3, 0.4) is 0 Å². The molecule has 5 nitrogen and oxygen atoms in total. The van der Waals surface area contributed by atoms with Crippen molar-refractivity contribution < 1.29 is 14.3 Å². The Morgan fingerprint density at radius 2 is 2.00 bits per heavy atom. The highest BCUT2D eigenvalue weighted by molar-refractivity contribution is 5.88. The molecule has 0 amide bonds. The molecule has 0 aliphatic heterocycles. The summed E-state index contributed by atoms with van der Waals surface area (Å²) in [6, 6.07) is 9.63. The van der Waals surface area contributed by atoms with Gasteiger partial charge < -0.3 is 9.47 Å². The van der Waals surface area contributed by atoms with Crippen molar-refractivity contribution >= 4 is 5.97 Å². The van der Waals surface area contributed by atoms with Crippen LogP contribution in [0.15, 0.2) is 36.7 Å². The van der Waals surface area contributed by atoms with Crippen LogP contribution in [0.4, 0.5) is 0 Å². The molecule has 2 rings (SSSR count). The molecule has 0 bridgehead atoms. The molecule has 0 fully saturated rings. The minimum atomic E-state index is -0.461. The van der Waals surface area contributed by atoms with Crippen LogP contribution >= 0.6 is 0 Å². The van der Waals surface area contributed by atoms with E-state index >= 15 is 0 Å². The second-order valence-electron chi connectivity index (χ2n) is 3.67. The SMILES string of the molecule is COCc1c(C(=O)OC)ncn1-c1ccccc1. The molecule has 2 aromatic rings. The zero-order chi connectivity index (χ0) is 13.0. The number of rotatable bonds is 4.